The second-order valence-electron chi connectivity index (χ2n) is 11.3. The van der Waals surface area contributed by atoms with Crippen LogP contribution in [0.2, 0.25) is 5.02 Å². The number of nitrogens with one attached hydrogen (secondary N) is 2. The van der Waals surface area contributed by atoms with Crippen LogP contribution in [0.5, 0.6) is 23.0 Å². The molecule has 5 aromatic carbocycles. The molecule has 0 spiro atoms. The van der Waals surface area contributed by atoms with E-state index in [1.54, 1.807) is 25.3 Å². The number of carbonyl (C=O) groups is 1. The van der Waals surface area contributed by atoms with E-state index in [0.29, 0.717) is 56.8 Å². The molecule has 0 radical (unpaired) electrons. The summed E-state index contributed by atoms with van der Waals surface area (Å²) in [6, 6.07) is 33.9. The Kier molecular flexibility index (Phi) is 12.4. The van der Waals surface area contributed by atoms with Gasteiger partial charge in [-0.05, 0) is 100 Å². The predicted molar refractivity (Wildman–Crippen MR) is 211 cm³/mol. The molecule has 0 aliphatic rings. The average Bonchev–Trinajstić information content (AvgIpc) is 3.63. The van der Waals surface area contributed by atoms with Crippen molar-refractivity contribution >= 4 is 61.8 Å². The van der Waals surface area contributed by atoms with E-state index >= 15 is 0 Å². The Morgan fingerprint density at radius 3 is 2.38 bits per heavy atom. The monoisotopic (exact) mass is 796 g/mol. The number of hydrogen-bond acceptors (Lipinski definition) is 9. The number of amides is 1. The molecule has 0 atom stereocenters. The van der Waals surface area contributed by atoms with Gasteiger partial charge in [0.25, 0.3) is 5.91 Å². The SMILES string of the molecule is CCOc1cc(COc2c(Br)cc(/C=N\NC(=O)c3ccc(-c4csc(Nc5ccc(Cl)cc5)n4)cc3)cc2OC)ccc1OCc1ccccc1. The van der Waals surface area contributed by atoms with Crippen LogP contribution < -0.4 is 29.7 Å². The molecular weight excluding hydrogens is 764 g/mol. The zero-order valence-corrected chi connectivity index (χ0v) is 31.4. The minimum Gasteiger partial charge on any atom is -0.493 e. The van der Waals surface area contributed by atoms with Crippen LogP contribution in [0.15, 0.2) is 124 Å². The third-order valence-electron chi connectivity index (χ3n) is 7.60. The minimum atomic E-state index is -0.347. The van der Waals surface area contributed by atoms with Crippen LogP contribution in [0.1, 0.15) is 34.0 Å². The molecular formula is C40H34BrClN4O5S. The molecule has 0 saturated carbocycles. The molecule has 0 bridgehead atoms. The Balaban J connectivity index is 1.04. The molecule has 0 unspecified atom stereocenters. The Labute approximate surface area is 319 Å². The topological polar surface area (TPSA) is 103 Å². The molecule has 0 aliphatic carbocycles. The minimum absolute atomic E-state index is 0.264. The first kappa shape index (κ1) is 36.4. The fourth-order valence-corrected chi connectivity index (χ4v) is 6.46. The van der Waals surface area contributed by atoms with Crippen LogP contribution in [-0.2, 0) is 13.2 Å². The zero-order chi connectivity index (χ0) is 36.3. The third kappa shape index (κ3) is 9.70. The molecule has 264 valence electrons. The Hall–Kier alpha value is -5.36. The fraction of sp³-hybridized carbons (Fsp3) is 0.125. The van der Waals surface area contributed by atoms with Gasteiger partial charge in [-0.1, -0.05) is 60.1 Å². The number of nitrogens with zero attached hydrogens (tertiary/aromatic N) is 2. The third-order valence-corrected chi connectivity index (χ3v) is 9.20. The van der Waals surface area contributed by atoms with Crippen LogP contribution in [0.4, 0.5) is 10.8 Å². The number of thiazole rings is 1. The summed E-state index contributed by atoms with van der Waals surface area (Å²) >= 11 is 11.1. The molecule has 2 N–H and O–H groups in total. The van der Waals surface area contributed by atoms with Gasteiger partial charge in [0, 0.05) is 27.2 Å². The Morgan fingerprint density at radius 1 is 0.865 bits per heavy atom. The number of rotatable bonds is 15. The average molecular weight is 798 g/mol. The van der Waals surface area contributed by atoms with Gasteiger partial charge in [0.2, 0.25) is 0 Å². The van der Waals surface area contributed by atoms with Gasteiger partial charge in [-0.15, -0.1) is 11.3 Å². The van der Waals surface area contributed by atoms with Gasteiger partial charge in [0.05, 0.1) is 30.1 Å². The van der Waals surface area contributed by atoms with E-state index in [4.69, 9.17) is 30.5 Å². The largest absolute Gasteiger partial charge is 0.493 e. The molecule has 0 saturated heterocycles. The van der Waals surface area contributed by atoms with Crippen LogP contribution >= 0.6 is 38.9 Å². The van der Waals surface area contributed by atoms with E-state index < -0.39 is 0 Å². The van der Waals surface area contributed by atoms with Crippen molar-refractivity contribution in [2.24, 2.45) is 5.10 Å². The highest BCUT2D eigenvalue weighted by Crippen LogP contribution is 2.38. The highest BCUT2D eigenvalue weighted by atomic mass is 79.9. The van der Waals surface area contributed by atoms with Crippen molar-refractivity contribution < 1.29 is 23.7 Å². The first-order valence-electron chi connectivity index (χ1n) is 16.2. The molecule has 0 aliphatic heterocycles. The Bertz CT molecular complexity index is 2150. The van der Waals surface area contributed by atoms with Gasteiger partial charge >= 0.3 is 0 Å². The maximum atomic E-state index is 12.8. The van der Waals surface area contributed by atoms with Crippen LogP contribution in [0.3, 0.4) is 0 Å². The zero-order valence-electron chi connectivity index (χ0n) is 28.3. The van der Waals surface area contributed by atoms with Crippen molar-refractivity contribution in [3.8, 4) is 34.3 Å². The summed E-state index contributed by atoms with van der Waals surface area (Å²) in [7, 11) is 1.57. The van der Waals surface area contributed by atoms with E-state index in [9.17, 15) is 4.79 Å². The quantitative estimate of drug-likeness (QED) is 0.0788. The number of ether oxygens (including phenoxy) is 4. The lowest BCUT2D eigenvalue weighted by molar-refractivity contribution is 0.0955. The molecule has 1 heterocycles. The maximum absolute atomic E-state index is 12.8. The van der Waals surface area contributed by atoms with E-state index in [2.05, 4.69) is 36.8 Å². The van der Waals surface area contributed by atoms with E-state index in [-0.39, 0.29) is 12.5 Å². The summed E-state index contributed by atoms with van der Waals surface area (Å²) in [5, 5.41) is 10.8. The number of aromatic nitrogens is 1. The number of carbonyl (C=O) groups excluding carboxylic acids is 1. The number of halogens is 2. The summed E-state index contributed by atoms with van der Waals surface area (Å²) in [4.78, 5) is 17.5. The second kappa shape index (κ2) is 17.7. The summed E-state index contributed by atoms with van der Waals surface area (Å²) in [5.74, 6) is 1.99. The second-order valence-corrected chi connectivity index (χ2v) is 13.4. The molecule has 0 fully saturated rings. The van der Waals surface area contributed by atoms with Gasteiger partial charge in [0.15, 0.2) is 28.1 Å². The number of hydrazone groups is 1. The van der Waals surface area contributed by atoms with Crippen LogP contribution in [-0.4, -0.2) is 30.8 Å². The van der Waals surface area contributed by atoms with Crippen molar-refractivity contribution in [3.05, 3.63) is 146 Å². The number of methoxy groups -OCH3 is 1. The molecule has 9 nitrogen and oxygen atoms in total. The highest BCUT2D eigenvalue weighted by molar-refractivity contribution is 9.10. The van der Waals surface area contributed by atoms with Crippen LogP contribution in [0.25, 0.3) is 11.3 Å². The van der Waals surface area contributed by atoms with E-state index in [1.165, 1.54) is 17.6 Å². The van der Waals surface area contributed by atoms with Gasteiger partial charge in [-0.25, -0.2) is 10.4 Å². The van der Waals surface area contributed by atoms with Crippen molar-refractivity contribution in [1.29, 1.82) is 0 Å². The molecule has 6 rings (SSSR count). The standard InChI is InChI=1S/C40H34BrClN4O5S/c1-3-49-36-20-27(9-18-35(36)50-23-26-7-5-4-6-8-26)24-51-38-33(41)19-28(21-37(38)48-2)22-43-46-39(47)30-12-10-29(11-13-30)34-25-52-40(45-34)44-32-16-14-31(42)15-17-32/h4-22,25H,3,23-24H2,1-2H3,(H,44,45)(H,46,47)/b43-22-. The van der Waals surface area contributed by atoms with Crippen molar-refractivity contribution in [1.82, 2.24) is 10.4 Å². The van der Waals surface area contributed by atoms with Gasteiger partial charge < -0.3 is 24.3 Å². The highest BCUT2D eigenvalue weighted by Gasteiger charge is 2.14. The van der Waals surface area contributed by atoms with Crippen molar-refractivity contribution in [2.75, 3.05) is 19.0 Å². The first-order valence-corrected chi connectivity index (χ1v) is 18.3. The van der Waals surface area contributed by atoms with Gasteiger partial charge in [-0.3, -0.25) is 4.79 Å². The van der Waals surface area contributed by atoms with Gasteiger partial charge in [-0.2, -0.15) is 5.10 Å². The van der Waals surface area contributed by atoms with E-state index in [0.717, 1.165) is 33.2 Å². The lowest BCUT2D eigenvalue weighted by Gasteiger charge is -2.16. The smallest absolute Gasteiger partial charge is 0.271 e. The lowest BCUT2D eigenvalue weighted by atomic mass is 10.1. The van der Waals surface area contributed by atoms with Crippen LogP contribution in [0, 0.1) is 0 Å². The van der Waals surface area contributed by atoms with Gasteiger partial charge in [0.1, 0.15) is 13.2 Å². The normalized spacial score (nSPS) is 10.9. The summed E-state index contributed by atoms with van der Waals surface area (Å²) < 4.78 is 24.4. The summed E-state index contributed by atoms with van der Waals surface area (Å²) in [6.07, 6.45) is 1.54. The first-order chi connectivity index (χ1) is 25.4. The molecule has 1 aromatic heterocycles. The number of benzene rings is 5. The summed E-state index contributed by atoms with van der Waals surface area (Å²) in [6.45, 7) is 3.14. The fourth-order valence-electron chi connectivity index (χ4n) is 5.02. The maximum Gasteiger partial charge on any atom is 0.271 e. The van der Waals surface area contributed by atoms with Crippen molar-refractivity contribution in [2.45, 2.75) is 20.1 Å². The predicted octanol–water partition coefficient (Wildman–Crippen LogP) is 10.3. The Morgan fingerprint density at radius 2 is 1.63 bits per heavy atom. The molecule has 1 amide bonds. The van der Waals surface area contributed by atoms with E-state index in [1.807, 2.05) is 103 Å². The molecule has 6 aromatic rings. The molecule has 52 heavy (non-hydrogen) atoms. The molecule has 12 heteroatoms. The lowest BCUT2D eigenvalue weighted by Crippen LogP contribution is -2.17. The number of hydrogen-bond donors (Lipinski definition) is 2. The number of anilines is 2. The van der Waals surface area contributed by atoms with Crippen molar-refractivity contribution in [3.63, 3.8) is 0 Å². The summed E-state index contributed by atoms with van der Waals surface area (Å²) in [5.41, 5.74) is 8.29.